The number of carbonyl (C=O) groups excluding carboxylic acids is 1. The van der Waals surface area contributed by atoms with E-state index in [4.69, 9.17) is 26.9 Å². The third kappa shape index (κ3) is 4.89. The van der Waals surface area contributed by atoms with Gasteiger partial charge in [0, 0.05) is 5.56 Å². The van der Waals surface area contributed by atoms with Crippen LogP contribution in [0.3, 0.4) is 0 Å². The number of amidine groups is 1. The Morgan fingerprint density at radius 1 is 1.22 bits per heavy atom. The standard InChI is InChI=1S/C16H16ClN3O3/c1-22-12-8-6-11(7-9-12)16(18)20-23-10-15(21)19-14-5-3-2-4-13(14)17/h2-9H,10H2,1H3,(H2,18,20)(H,19,21). The first-order valence-corrected chi connectivity index (χ1v) is 7.12. The molecule has 0 saturated carbocycles. The number of carbonyl (C=O) groups is 1. The Labute approximate surface area is 138 Å². The number of nitrogens with one attached hydrogen (secondary N) is 1. The maximum absolute atomic E-state index is 11.7. The Morgan fingerprint density at radius 3 is 2.57 bits per heavy atom. The first kappa shape index (κ1) is 16.6. The van der Waals surface area contributed by atoms with Gasteiger partial charge in [0.1, 0.15) is 5.75 Å². The summed E-state index contributed by atoms with van der Waals surface area (Å²) in [6.07, 6.45) is 0. The Kier molecular flexibility index (Phi) is 5.82. The third-order valence-corrected chi connectivity index (χ3v) is 3.22. The molecule has 0 fully saturated rings. The molecule has 0 spiro atoms. The van der Waals surface area contributed by atoms with Gasteiger partial charge in [-0.05, 0) is 36.4 Å². The SMILES string of the molecule is COc1ccc(C(N)=NOCC(=O)Nc2ccccc2Cl)cc1. The quantitative estimate of drug-likeness (QED) is 0.483. The summed E-state index contributed by atoms with van der Waals surface area (Å²) < 4.78 is 5.05. The van der Waals surface area contributed by atoms with Crippen LogP contribution in [0.15, 0.2) is 53.7 Å². The Balaban J connectivity index is 1.87. The molecular weight excluding hydrogens is 318 g/mol. The number of ether oxygens (including phenoxy) is 1. The molecular formula is C16H16ClN3O3. The minimum absolute atomic E-state index is 0.165. The van der Waals surface area contributed by atoms with E-state index in [2.05, 4.69) is 10.5 Å². The van der Waals surface area contributed by atoms with Crippen LogP contribution in [0.25, 0.3) is 0 Å². The van der Waals surface area contributed by atoms with Crippen LogP contribution in [0.5, 0.6) is 5.75 Å². The van der Waals surface area contributed by atoms with Crippen molar-refractivity contribution in [1.29, 1.82) is 0 Å². The summed E-state index contributed by atoms with van der Waals surface area (Å²) in [6, 6.07) is 13.9. The summed E-state index contributed by atoms with van der Waals surface area (Å²) in [4.78, 5) is 16.7. The molecule has 1 amide bonds. The van der Waals surface area contributed by atoms with Crippen molar-refractivity contribution in [3.63, 3.8) is 0 Å². The Morgan fingerprint density at radius 2 is 1.91 bits per heavy atom. The van der Waals surface area contributed by atoms with Gasteiger partial charge < -0.3 is 20.6 Å². The fourth-order valence-electron chi connectivity index (χ4n) is 1.72. The lowest BCUT2D eigenvalue weighted by Crippen LogP contribution is -2.19. The van der Waals surface area contributed by atoms with Gasteiger partial charge in [-0.2, -0.15) is 0 Å². The lowest BCUT2D eigenvalue weighted by molar-refractivity contribution is -0.120. The number of hydrogen-bond acceptors (Lipinski definition) is 4. The van der Waals surface area contributed by atoms with Gasteiger partial charge in [-0.3, -0.25) is 4.79 Å². The molecule has 0 aliphatic rings. The number of para-hydroxylation sites is 1. The number of benzene rings is 2. The summed E-state index contributed by atoms with van der Waals surface area (Å²) in [5.74, 6) is 0.490. The molecule has 0 aromatic heterocycles. The molecule has 7 heteroatoms. The maximum Gasteiger partial charge on any atom is 0.265 e. The van der Waals surface area contributed by atoms with Crippen molar-refractivity contribution in [3.8, 4) is 5.75 Å². The molecule has 2 aromatic rings. The van der Waals surface area contributed by atoms with E-state index in [-0.39, 0.29) is 18.3 Å². The fraction of sp³-hybridized carbons (Fsp3) is 0.125. The van der Waals surface area contributed by atoms with Gasteiger partial charge in [-0.1, -0.05) is 28.9 Å². The van der Waals surface area contributed by atoms with E-state index in [0.29, 0.717) is 22.0 Å². The average molecular weight is 334 g/mol. The number of nitrogens with zero attached hydrogens (tertiary/aromatic N) is 1. The number of amides is 1. The largest absolute Gasteiger partial charge is 0.497 e. The third-order valence-electron chi connectivity index (χ3n) is 2.89. The highest BCUT2D eigenvalue weighted by molar-refractivity contribution is 6.33. The normalized spacial score (nSPS) is 11.0. The molecule has 120 valence electrons. The predicted octanol–water partition coefficient (Wildman–Crippen LogP) is 2.62. The minimum Gasteiger partial charge on any atom is -0.497 e. The summed E-state index contributed by atoms with van der Waals surface area (Å²) in [6.45, 7) is -0.276. The van der Waals surface area contributed by atoms with Crippen molar-refractivity contribution in [2.45, 2.75) is 0 Å². The summed E-state index contributed by atoms with van der Waals surface area (Å²) in [5, 5.41) is 6.78. The van der Waals surface area contributed by atoms with E-state index in [0.717, 1.165) is 0 Å². The minimum atomic E-state index is -0.385. The van der Waals surface area contributed by atoms with E-state index in [9.17, 15) is 4.79 Å². The van der Waals surface area contributed by atoms with Crippen LogP contribution in [0.4, 0.5) is 5.69 Å². The second kappa shape index (κ2) is 8.05. The summed E-state index contributed by atoms with van der Waals surface area (Å²) in [5.41, 5.74) is 6.95. The average Bonchev–Trinajstić information content (AvgIpc) is 2.57. The van der Waals surface area contributed by atoms with Crippen molar-refractivity contribution in [1.82, 2.24) is 0 Å². The van der Waals surface area contributed by atoms with Gasteiger partial charge in [-0.25, -0.2) is 0 Å². The first-order valence-electron chi connectivity index (χ1n) is 6.74. The van der Waals surface area contributed by atoms with E-state index < -0.39 is 0 Å². The second-order valence-corrected chi connectivity index (χ2v) is 4.91. The number of anilines is 1. The molecule has 0 saturated heterocycles. The van der Waals surface area contributed by atoms with Gasteiger partial charge in [0.05, 0.1) is 17.8 Å². The fourth-order valence-corrected chi connectivity index (χ4v) is 1.91. The zero-order chi connectivity index (χ0) is 16.7. The smallest absolute Gasteiger partial charge is 0.265 e. The van der Waals surface area contributed by atoms with Gasteiger partial charge in [0.15, 0.2) is 12.4 Å². The van der Waals surface area contributed by atoms with Crippen molar-refractivity contribution in [2.75, 3.05) is 19.0 Å². The van der Waals surface area contributed by atoms with Crippen LogP contribution in [0.2, 0.25) is 5.02 Å². The maximum atomic E-state index is 11.7. The van der Waals surface area contributed by atoms with Gasteiger partial charge in [0.25, 0.3) is 5.91 Å². The lowest BCUT2D eigenvalue weighted by Gasteiger charge is -2.06. The summed E-state index contributed by atoms with van der Waals surface area (Å²) >= 11 is 5.94. The molecule has 0 atom stereocenters. The molecule has 3 N–H and O–H groups in total. The van der Waals surface area contributed by atoms with Gasteiger partial charge in [-0.15, -0.1) is 0 Å². The van der Waals surface area contributed by atoms with Crippen LogP contribution in [-0.4, -0.2) is 25.5 Å². The summed E-state index contributed by atoms with van der Waals surface area (Å²) in [7, 11) is 1.58. The molecule has 2 aromatic carbocycles. The molecule has 0 unspecified atom stereocenters. The number of methoxy groups -OCH3 is 1. The van der Waals surface area contributed by atoms with E-state index in [1.807, 2.05) is 0 Å². The zero-order valence-corrected chi connectivity index (χ0v) is 13.2. The lowest BCUT2D eigenvalue weighted by atomic mass is 10.2. The number of oxime groups is 1. The number of nitrogens with two attached hydrogens (primary N) is 1. The van der Waals surface area contributed by atoms with E-state index in [1.165, 1.54) is 0 Å². The molecule has 0 bridgehead atoms. The predicted molar refractivity (Wildman–Crippen MR) is 89.8 cm³/mol. The molecule has 6 nitrogen and oxygen atoms in total. The number of hydrogen-bond donors (Lipinski definition) is 2. The topological polar surface area (TPSA) is 85.9 Å². The van der Waals surface area contributed by atoms with Crippen molar-refractivity contribution >= 4 is 29.0 Å². The van der Waals surface area contributed by atoms with Crippen molar-refractivity contribution < 1.29 is 14.4 Å². The molecule has 0 aliphatic heterocycles. The van der Waals surface area contributed by atoms with Crippen LogP contribution < -0.4 is 15.8 Å². The number of rotatable bonds is 6. The van der Waals surface area contributed by atoms with E-state index >= 15 is 0 Å². The monoisotopic (exact) mass is 333 g/mol. The van der Waals surface area contributed by atoms with Crippen LogP contribution >= 0.6 is 11.6 Å². The molecule has 23 heavy (non-hydrogen) atoms. The Bertz CT molecular complexity index is 702. The highest BCUT2D eigenvalue weighted by atomic mass is 35.5. The highest BCUT2D eigenvalue weighted by Crippen LogP contribution is 2.20. The van der Waals surface area contributed by atoms with Crippen molar-refractivity contribution in [3.05, 3.63) is 59.1 Å². The zero-order valence-electron chi connectivity index (χ0n) is 12.5. The molecule has 0 radical (unpaired) electrons. The first-order chi connectivity index (χ1) is 11.1. The molecule has 0 heterocycles. The van der Waals surface area contributed by atoms with Crippen molar-refractivity contribution in [2.24, 2.45) is 10.9 Å². The van der Waals surface area contributed by atoms with Crippen LogP contribution in [0, 0.1) is 0 Å². The van der Waals surface area contributed by atoms with Crippen LogP contribution in [0.1, 0.15) is 5.56 Å². The Hall–Kier alpha value is -2.73. The van der Waals surface area contributed by atoms with E-state index in [1.54, 1.807) is 55.6 Å². The molecule has 0 aliphatic carbocycles. The highest BCUT2D eigenvalue weighted by Gasteiger charge is 2.06. The number of halogens is 1. The molecule has 2 rings (SSSR count). The van der Waals surface area contributed by atoms with Gasteiger partial charge in [0.2, 0.25) is 0 Å². The van der Waals surface area contributed by atoms with Crippen LogP contribution in [-0.2, 0) is 9.63 Å². The van der Waals surface area contributed by atoms with Gasteiger partial charge >= 0.3 is 0 Å². The second-order valence-electron chi connectivity index (χ2n) is 4.51.